The molecule has 0 radical (unpaired) electrons. The summed E-state index contributed by atoms with van der Waals surface area (Å²) in [7, 11) is -6.74. The molecule has 0 spiro atoms. The summed E-state index contributed by atoms with van der Waals surface area (Å²) in [5.41, 5.74) is 5.63. The van der Waals surface area contributed by atoms with Gasteiger partial charge in [-0.3, -0.25) is 0 Å². The number of aromatic hydroxyl groups is 2. The van der Waals surface area contributed by atoms with Crippen LogP contribution in [0.15, 0.2) is 158 Å². The van der Waals surface area contributed by atoms with Crippen LogP contribution in [0.4, 0.5) is 0 Å². The van der Waals surface area contributed by atoms with Crippen LogP contribution in [0.1, 0.15) is 33.4 Å². The van der Waals surface area contributed by atoms with E-state index in [9.17, 15) is 10.2 Å². The van der Waals surface area contributed by atoms with Crippen LogP contribution in [-0.2, 0) is 21.5 Å². The lowest BCUT2D eigenvalue weighted by molar-refractivity contribution is 0.465. The van der Waals surface area contributed by atoms with Gasteiger partial charge in [0.05, 0.1) is 0 Å². The Morgan fingerprint density at radius 1 is 0.393 bits per heavy atom. The Morgan fingerprint density at radius 2 is 0.661 bits per heavy atom. The Hall–Kier alpha value is -5.66. The van der Waals surface area contributed by atoms with E-state index < -0.39 is 14.3 Å². The number of benzene rings is 8. The van der Waals surface area contributed by atoms with Crippen molar-refractivity contribution in [2.24, 2.45) is 0 Å². The molecule has 0 aliphatic carbocycles. The molecule has 278 valence electrons. The zero-order valence-corrected chi connectivity index (χ0v) is 33.8. The third-order valence-electron chi connectivity index (χ3n) is 11.3. The highest BCUT2D eigenvalue weighted by Crippen LogP contribution is 2.56. The molecule has 0 fully saturated rings. The smallest absolute Gasteiger partial charge is 0.148 e. The molecular weight excluding hydrogens is 726 g/mol. The van der Waals surface area contributed by atoms with Gasteiger partial charge in [-0.05, 0) is 83.6 Å². The second-order valence-electron chi connectivity index (χ2n) is 14.9. The topological polar surface area (TPSA) is 74.6 Å². The number of fused-ring (bicyclic) bond motifs is 2. The number of phenols is 2. The average Bonchev–Trinajstić information content (AvgIpc) is 3.19. The molecule has 8 aromatic rings. The highest BCUT2D eigenvalue weighted by Gasteiger charge is 2.35. The first-order valence-corrected chi connectivity index (χ1v) is 22.7. The van der Waals surface area contributed by atoms with E-state index in [0.29, 0.717) is 22.3 Å². The predicted molar refractivity (Wildman–Crippen MR) is 236 cm³/mol. The average molecular weight is 771 g/mol. The molecule has 0 atom stereocenters. The van der Waals surface area contributed by atoms with Gasteiger partial charge in [0, 0.05) is 55.8 Å². The highest BCUT2D eigenvalue weighted by molar-refractivity contribution is 7.78. The number of hydrogen-bond donors (Lipinski definition) is 2. The van der Waals surface area contributed by atoms with Gasteiger partial charge in [-0.1, -0.05) is 146 Å². The molecule has 2 N–H and O–H groups in total. The first-order chi connectivity index (χ1) is 27.0. The van der Waals surface area contributed by atoms with Gasteiger partial charge in [0.2, 0.25) is 0 Å². The molecule has 8 rings (SSSR count). The molecule has 0 saturated carbocycles. The zero-order valence-electron chi connectivity index (χ0n) is 32.0. The number of aryl methyl sites for hydroxylation is 4. The molecule has 4 nitrogen and oxygen atoms in total. The molecule has 0 unspecified atom stereocenters. The fraction of sp³-hybridized carbons (Fsp3) is 0.120. The van der Waals surface area contributed by atoms with Gasteiger partial charge in [0.25, 0.3) is 0 Å². The summed E-state index contributed by atoms with van der Waals surface area (Å²) < 4.78 is 31.6. The Bertz CT molecular complexity index is 2610. The van der Waals surface area contributed by atoms with E-state index in [1.807, 2.05) is 185 Å². The second kappa shape index (κ2) is 14.8. The number of rotatable bonds is 9. The lowest BCUT2D eigenvalue weighted by Gasteiger charge is -2.26. The molecule has 8 aromatic carbocycles. The van der Waals surface area contributed by atoms with E-state index in [1.165, 1.54) is 0 Å². The fourth-order valence-electron chi connectivity index (χ4n) is 8.49. The molecular formula is C50H44O4P2. The third kappa shape index (κ3) is 6.38. The van der Waals surface area contributed by atoms with Gasteiger partial charge in [-0.2, -0.15) is 0 Å². The summed E-state index contributed by atoms with van der Waals surface area (Å²) in [5, 5.41) is 31.6. The van der Waals surface area contributed by atoms with Gasteiger partial charge in [-0.25, -0.2) is 0 Å². The molecule has 0 amide bonds. The third-order valence-corrected chi connectivity index (χ3v) is 17.9. The van der Waals surface area contributed by atoms with E-state index in [4.69, 9.17) is 0 Å². The van der Waals surface area contributed by atoms with Crippen molar-refractivity contribution < 1.29 is 19.3 Å². The summed E-state index contributed by atoms with van der Waals surface area (Å²) in [6.07, 6.45) is 0.140. The van der Waals surface area contributed by atoms with Gasteiger partial charge in [0.1, 0.15) is 25.8 Å². The lowest BCUT2D eigenvalue weighted by atomic mass is 9.89. The monoisotopic (exact) mass is 770 g/mol. The zero-order chi connectivity index (χ0) is 39.2. The SMILES string of the molecule is Cc1ccccc1P(=O)(Cc1cc2ccccc2c(-c2c(O)c(CP(=O)(c3ccccc3C)c3ccccc3C)cc3ccccc23)c1O)c1ccccc1C. The minimum Gasteiger partial charge on any atom is -0.507 e. The molecule has 0 aliphatic rings. The summed E-state index contributed by atoms with van der Waals surface area (Å²) >= 11 is 0. The van der Waals surface area contributed by atoms with Crippen molar-refractivity contribution in [3.05, 3.63) is 191 Å². The number of phenolic OH excluding ortho intramolecular Hbond substituents is 2. The van der Waals surface area contributed by atoms with Gasteiger partial charge < -0.3 is 19.3 Å². The van der Waals surface area contributed by atoms with Crippen LogP contribution >= 0.6 is 14.3 Å². The highest BCUT2D eigenvalue weighted by atomic mass is 31.2. The van der Waals surface area contributed by atoms with Crippen molar-refractivity contribution in [1.82, 2.24) is 0 Å². The molecule has 0 aliphatic heterocycles. The van der Waals surface area contributed by atoms with Crippen molar-refractivity contribution in [1.29, 1.82) is 0 Å². The Labute approximate surface area is 328 Å². The molecule has 0 heterocycles. The Balaban J connectivity index is 1.40. The largest absolute Gasteiger partial charge is 0.507 e. The van der Waals surface area contributed by atoms with Crippen LogP contribution in [0.5, 0.6) is 11.5 Å². The first-order valence-electron chi connectivity index (χ1n) is 18.9. The van der Waals surface area contributed by atoms with Crippen molar-refractivity contribution in [2.45, 2.75) is 40.0 Å². The van der Waals surface area contributed by atoms with Gasteiger partial charge in [-0.15, -0.1) is 0 Å². The van der Waals surface area contributed by atoms with E-state index in [0.717, 1.165) is 65.0 Å². The maximum atomic E-state index is 15.8. The van der Waals surface area contributed by atoms with Crippen LogP contribution in [-0.4, -0.2) is 10.2 Å². The van der Waals surface area contributed by atoms with Crippen molar-refractivity contribution in [2.75, 3.05) is 0 Å². The molecule has 6 heteroatoms. The first kappa shape index (κ1) is 37.3. The molecule has 0 bridgehead atoms. The van der Waals surface area contributed by atoms with Crippen molar-refractivity contribution in [3.8, 4) is 22.6 Å². The summed E-state index contributed by atoms with van der Waals surface area (Å²) in [4.78, 5) is 0. The molecule has 56 heavy (non-hydrogen) atoms. The normalized spacial score (nSPS) is 12.0. The quantitative estimate of drug-likeness (QED) is 0.143. The van der Waals surface area contributed by atoms with Crippen LogP contribution in [0.2, 0.25) is 0 Å². The van der Waals surface area contributed by atoms with Crippen LogP contribution in [0.3, 0.4) is 0 Å². The lowest BCUT2D eigenvalue weighted by Crippen LogP contribution is -2.22. The summed E-state index contributed by atoms with van der Waals surface area (Å²) in [5.74, 6) is -0.0747. The van der Waals surface area contributed by atoms with E-state index in [1.54, 1.807) is 0 Å². The minimum absolute atomic E-state index is 0.0373. The Kier molecular flexibility index (Phi) is 9.83. The van der Waals surface area contributed by atoms with Crippen LogP contribution in [0, 0.1) is 27.7 Å². The van der Waals surface area contributed by atoms with Crippen molar-refractivity contribution in [3.63, 3.8) is 0 Å². The van der Waals surface area contributed by atoms with E-state index >= 15 is 9.13 Å². The van der Waals surface area contributed by atoms with Gasteiger partial charge >= 0.3 is 0 Å². The van der Waals surface area contributed by atoms with Crippen molar-refractivity contribution >= 4 is 57.0 Å². The van der Waals surface area contributed by atoms with Crippen LogP contribution < -0.4 is 21.2 Å². The maximum absolute atomic E-state index is 15.8. The second-order valence-corrected chi connectivity index (χ2v) is 20.4. The summed E-state index contributed by atoms with van der Waals surface area (Å²) in [6.45, 7) is 7.92. The Morgan fingerprint density at radius 3 is 0.964 bits per heavy atom. The fourth-order valence-corrected chi connectivity index (χ4v) is 15.0. The number of hydrogen-bond acceptors (Lipinski definition) is 4. The maximum Gasteiger partial charge on any atom is 0.148 e. The van der Waals surface area contributed by atoms with E-state index in [2.05, 4.69) is 0 Å². The predicted octanol–water partition coefficient (Wildman–Crippen LogP) is 11.3. The standard InChI is InChI=1S/C50H44O4P2/c1-33-17-5-13-25-43(33)55(53,44-26-14-6-18-34(44)2)31-39-29-37-21-9-11-23-41(37)47(49(39)51)48-42-24-12-10-22-38(42)30-40(50(48)52)32-56(54,45-27-15-7-19-35(45)3)46-28-16-8-20-36(46)4/h5-30,51-52H,31-32H2,1-4H3. The van der Waals surface area contributed by atoms with Crippen LogP contribution in [0.25, 0.3) is 32.7 Å². The van der Waals surface area contributed by atoms with E-state index in [-0.39, 0.29) is 23.8 Å². The van der Waals surface area contributed by atoms with Gasteiger partial charge in [0.15, 0.2) is 0 Å². The minimum atomic E-state index is -3.37. The molecule has 0 saturated heterocycles. The molecule has 0 aromatic heterocycles. The summed E-state index contributed by atoms with van der Waals surface area (Å²) in [6, 6.07) is 50.6.